The maximum absolute atomic E-state index is 13.2. The number of nitrogens with zero attached hydrogens (tertiary/aromatic N) is 3. The van der Waals surface area contributed by atoms with E-state index in [4.69, 9.17) is 14.0 Å². The Labute approximate surface area is 155 Å². The van der Waals surface area contributed by atoms with E-state index in [1.807, 2.05) is 0 Å². The monoisotopic (exact) mass is 395 g/mol. The van der Waals surface area contributed by atoms with Crippen LogP contribution in [0.1, 0.15) is 5.69 Å². The summed E-state index contributed by atoms with van der Waals surface area (Å²) < 4.78 is 54.6. The van der Waals surface area contributed by atoms with E-state index < -0.39 is 22.5 Å². The van der Waals surface area contributed by atoms with Crippen LogP contribution in [0.25, 0.3) is 22.6 Å². The lowest BCUT2D eigenvalue weighted by molar-refractivity contribution is -0.385. The Balaban J connectivity index is 2.11. The Kier molecular flexibility index (Phi) is 4.91. The van der Waals surface area contributed by atoms with E-state index in [-0.39, 0.29) is 34.1 Å². The number of pyridine rings is 1. The van der Waals surface area contributed by atoms with Crippen LogP contribution in [0.4, 0.5) is 18.9 Å². The number of rotatable bonds is 5. The molecule has 2 heterocycles. The number of nitro benzene ring substituents is 1. The lowest BCUT2D eigenvalue weighted by Gasteiger charge is -2.09. The average molecular weight is 395 g/mol. The standard InChI is InChI=1S/C17H12F3N3O5/c1-26-14-7-9(6-12(23(24)25)15(14)27-2)11-8-13(28-22-11)10-4-3-5-21-16(10)17(18,19)20/h3-8H,1-2H3. The van der Waals surface area contributed by atoms with E-state index in [1.165, 1.54) is 38.5 Å². The zero-order valence-electron chi connectivity index (χ0n) is 14.5. The van der Waals surface area contributed by atoms with Gasteiger partial charge < -0.3 is 14.0 Å². The summed E-state index contributed by atoms with van der Waals surface area (Å²) in [7, 11) is 2.55. The molecule has 0 aliphatic carbocycles. The summed E-state index contributed by atoms with van der Waals surface area (Å²) in [5.74, 6) is -0.215. The van der Waals surface area contributed by atoms with Gasteiger partial charge in [0.25, 0.3) is 0 Å². The highest BCUT2D eigenvalue weighted by molar-refractivity contribution is 5.73. The zero-order chi connectivity index (χ0) is 20.5. The summed E-state index contributed by atoms with van der Waals surface area (Å²) in [4.78, 5) is 14.0. The maximum atomic E-state index is 13.2. The van der Waals surface area contributed by atoms with Crippen molar-refractivity contribution in [2.75, 3.05) is 14.2 Å². The number of methoxy groups -OCH3 is 2. The molecule has 1 aromatic carbocycles. The van der Waals surface area contributed by atoms with E-state index in [1.54, 1.807) is 0 Å². The van der Waals surface area contributed by atoms with Gasteiger partial charge in [-0.3, -0.25) is 15.1 Å². The topological polar surface area (TPSA) is 101 Å². The number of benzene rings is 1. The molecule has 0 unspecified atom stereocenters. The van der Waals surface area contributed by atoms with Crippen molar-refractivity contribution >= 4 is 5.69 Å². The molecule has 11 heteroatoms. The molecule has 0 aliphatic heterocycles. The number of hydrogen-bond donors (Lipinski definition) is 0. The van der Waals surface area contributed by atoms with Gasteiger partial charge in [0.15, 0.2) is 17.2 Å². The molecular formula is C17H12F3N3O5. The van der Waals surface area contributed by atoms with E-state index >= 15 is 0 Å². The SMILES string of the molecule is COc1cc(-c2cc(-c3cccnc3C(F)(F)F)on2)cc([N+](=O)[O-])c1OC. The molecule has 0 saturated heterocycles. The van der Waals surface area contributed by atoms with Crippen LogP contribution in [0, 0.1) is 10.1 Å². The predicted molar refractivity (Wildman–Crippen MR) is 89.9 cm³/mol. The van der Waals surface area contributed by atoms with Gasteiger partial charge in [-0.05, 0) is 18.2 Å². The molecule has 0 spiro atoms. The highest BCUT2D eigenvalue weighted by Crippen LogP contribution is 2.42. The third-order valence-electron chi connectivity index (χ3n) is 3.80. The van der Waals surface area contributed by atoms with Crippen molar-refractivity contribution in [3.05, 3.63) is 52.3 Å². The minimum absolute atomic E-state index is 0.0635. The van der Waals surface area contributed by atoms with Crippen LogP contribution in [-0.4, -0.2) is 29.3 Å². The van der Waals surface area contributed by atoms with Gasteiger partial charge in [-0.1, -0.05) is 5.16 Å². The van der Waals surface area contributed by atoms with Gasteiger partial charge in [0.05, 0.1) is 24.7 Å². The van der Waals surface area contributed by atoms with Gasteiger partial charge in [-0.25, -0.2) is 0 Å². The van der Waals surface area contributed by atoms with Gasteiger partial charge >= 0.3 is 11.9 Å². The first-order valence-electron chi connectivity index (χ1n) is 7.66. The molecule has 0 saturated carbocycles. The van der Waals surface area contributed by atoms with Crippen molar-refractivity contribution < 1.29 is 32.1 Å². The average Bonchev–Trinajstić information content (AvgIpc) is 3.16. The fourth-order valence-corrected chi connectivity index (χ4v) is 2.60. The summed E-state index contributed by atoms with van der Waals surface area (Å²) in [5.41, 5.74) is -1.54. The minimum Gasteiger partial charge on any atom is -0.493 e. The number of nitro groups is 1. The van der Waals surface area contributed by atoms with Crippen LogP contribution in [0.3, 0.4) is 0 Å². The molecule has 3 aromatic rings. The summed E-state index contributed by atoms with van der Waals surface area (Å²) in [6.45, 7) is 0. The predicted octanol–water partition coefficient (Wildman–Crippen LogP) is 4.35. The Morgan fingerprint density at radius 3 is 2.54 bits per heavy atom. The Hall–Kier alpha value is -3.63. The van der Waals surface area contributed by atoms with Crippen LogP contribution < -0.4 is 9.47 Å². The van der Waals surface area contributed by atoms with Crippen LogP contribution in [-0.2, 0) is 6.18 Å². The molecule has 2 aromatic heterocycles. The van der Waals surface area contributed by atoms with E-state index in [2.05, 4.69) is 10.1 Å². The highest BCUT2D eigenvalue weighted by Gasteiger charge is 2.36. The number of aromatic nitrogens is 2. The second-order valence-corrected chi connectivity index (χ2v) is 5.46. The lowest BCUT2D eigenvalue weighted by atomic mass is 10.1. The van der Waals surface area contributed by atoms with E-state index in [0.29, 0.717) is 0 Å². The van der Waals surface area contributed by atoms with Crippen molar-refractivity contribution in [2.24, 2.45) is 0 Å². The largest absolute Gasteiger partial charge is 0.493 e. The maximum Gasteiger partial charge on any atom is 0.434 e. The third kappa shape index (κ3) is 3.46. The van der Waals surface area contributed by atoms with Crippen LogP contribution in [0.2, 0.25) is 0 Å². The molecule has 3 rings (SSSR count). The first-order chi connectivity index (χ1) is 13.3. The van der Waals surface area contributed by atoms with Crippen LogP contribution in [0.15, 0.2) is 41.1 Å². The zero-order valence-corrected chi connectivity index (χ0v) is 14.5. The Bertz CT molecular complexity index is 1030. The number of hydrogen-bond acceptors (Lipinski definition) is 7. The molecule has 0 fully saturated rings. The fraction of sp³-hybridized carbons (Fsp3) is 0.176. The first-order valence-corrected chi connectivity index (χ1v) is 7.66. The Morgan fingerprint density at radius 2 is 1.93 bits per heavy atom. The van der Waals surface area contributed by atoms with Gasteiger partial charge in [-0.15, -0.1) is 0 Å². The van der Waals surface area contributed by atoms with Crippen molar-refractivity contribution in [1.82, 2.24) is 10.1 Å². The highest BCUT2D eigenvalue weighted by atomic mass is 19.4. The van der Waals surface area contributed by atoms with Gasteiger partial charge in [0, 0.05) is 23.9 Å². The second-order valence-electron chi connectivity index (χ2n) is 5.46. The van der Waals surface area contributed by atoms with E-state index in [9.17, 15) is 23.3 Å². The fourth-order valence-electron chi connectivity index (χ4n) is 2.60. The molecule has 146 valence electrons. The quantitative estimate of drug-likeness (QED) is 0.468. The molecule has 8 nitrogen and oxygen atoms in total. The summed E-state index contributed by atoms with van der Waals surface area (Å²) in [5, 5.41) is 15.0. The normalized spacial score (nSPS) is 11.3. The first kappa shape index (κ1) is 19.1. The van der Waals surface area contributed by atoms with Crippen molar-refractivity contribution in [1.29, 1.82) is 0 Å². The number of ether oxygens (including phenoxy) is 2. The van der Waals surface area contributed by atoms with Gasteiger partial charge in [0.2, 0.25) is 5.75 Å². The smallest absolute Gasteiger partial charge is 0.434 e. The molecule has 0 atom stereocenters. The molecule has 0 aliphatic rings. The second kappa shape index (κ2) is 7.18. The third-order valence-corrected chi connectivity index (χ3v) is 3.80. The van der Waals surface area contributed by atoms with Gasteiger partial charge in [0.1, 0.15) is 5.69 Å². The molecule has 0 N–H and O–H groups in total. The summed E-state index contributed by atoms with van der Waals surface area (Å²) in [6, 6.07) is 6.32. The van der Waals surface area contributed by atoms with E-state index in [0.717, 1.165) is 12.3 Å². The minimum atomic E-state index is -4.69. The molecule has 28 heavy (non-hydrogen) atoms. The molecule has 0 amide bonds. The van der Waals surface area contributed by atoms with Crippen molar-refractivity contribution in [3.8, 4) is 34.1 Å². The van der Waals surface area contributed by atoms with Crippen molar-refractivity contribution in [2.45, 2.75) is 6.18 Å². The van der Waals surface area contributed by atoms with Gasteiger partial charge in [-0.2, -0.15) is 13.2 Å². The summed E-state index contributed by atoms with van der Waals surface area (Å²) >= 11 is 0. The molecule has 0 radical (unpaired) electrons. The number of alkyl halides is 3. The van der Waals surface area contributed by atoms with Crippen LogP contribution in [0.5, 0.6) is 11.5 Å². The number of halogens is 3. The summed E-state index contributed by atoms with van der Waals surface area (Å²) in [6.07, 6.45) is -3.67. The molecular weight excluding hydrogens is 383 g/mol. The molecule has 0 bridgehead atoms. The van der Waals surface area contributed by atoms with Crippen LogP contribution >= 0.6 is 0 Å². The lowest BCUT2D eigenvalue weighted by Crippen LogP contribution is -2.09. The van der Waals surface area contributed by atoms with Crippen molar-refractivity contribution in [3.63, 3.8) is 0 Å². The Morgan fingerprint density at radius 1 is 1.18 bits per heavy atom.